The Bertz CT molecular complexity index is 660. The second-order valence-corrected chi connectivity index (χ2v) is 4.09. The average molecular weight is 242 g/mol. The van der Waals surface area contributed by atoms with Crippen LogP contribution in [-0.4, -0.2) is 14.5 Å². The van der Waals surface area contributed by atoms with Crippen molar-refractivity contribution in [3.63, 3.8) is 0 Å². The number of aromatic nitrogens is 2. The number of hydrogen-bond acceptors (Lipinski definition) is 2. The van der Waals surface area contributed by atoms with E-state index >= 15 is 0 Å². The van der Waals surface area contributed by atoms with Gasteiger partial charge in [0.05, 0.1) is 5.69 Å². The molecule has 3 aromatic rings. The maximum atomic E-state index is 13.1. The van der Waals surface area contributed by atoms with Gasteiger partial charge in [-0.05, 0) is 29.8 Å². The predicted molar refractivity (Wildman–Crippen MR) is 65.7 cm³/mol. The largest absolute Gasteiger partial charge is 0.382 e. The highest BCUT2D eigenvalue weighted by molar-refractivity contribution is 5.41. The molecule has 1 atom stereocenters. The number of aliphatic hydroxyl groups excluding tert-OH is 1. The van der Waals surface area contributed by atoms with Crippen molar-refractivity contribution < 1.29 is 9.50 Å². The van der Waals surface area contributed by atoms with Crippen LogP contribution in [0.15, 0.2) is 54.9 Å². The van der Waals surface area contributed by atoms with E-state index in [1.54, 1.807) is 18.3 Å². The number of pyridine rings is 1. The molecule has 1 unspecified atom stereocenters. The van der Waals surface area contributed by atoms with Crippen LogP contribution in [0.1, 0.15) is 17.4 Å². The van der Waals surface area contributed by atoms with Crippen molar-refractivity contribution in [1.82, 2.24) is 9.38 Å². The summed E-state index contributed by atoms with van der Waals surface area (Å²) in [6.07, 6.45) is 2.68. The summed E-state index contributed by atoms with van der Waals surface area (Å²) in [5.74, 6) is -0.365. The van der Waals surface area contributed by atoms with Crippen LogP contribution in [0, 0.1) is 5.82 Å². The summed E-state index contributed by atoms with van der Waals surface area (Å²) in [5.41, 5.74) is 1.76. The Morgan fingerprint density at radius 2 is 2.06 bits per heavy atom. The van der Waals surface area contributed by atoms with Crippen molar-refractivity contribution >= 4 is 5.65 Å². The maximum absolute atomic E-state index is 13.1. The molecule has 0 saturated carbocycles. The maximum Gasteiger partial charge on any atom is 0.137 e. The molecule has 18 heavy (non-hydrogen) atoms. The molecule has 0 fully saturated rings. The zero-order valence-electron chi connectivity index (χ0n) is 9.49. The van der Waals surface area contributed by atoms with Gasteiger partial charge in [-0.25, -0.2) is 9.37 Å². The fourth-order valence-electron chi connectivity index (χ4n) is 1.93. The molecular weight excluding hydrogens is 231 g/mol. The van der Waals surface area contributed by atoms with Crippen molar-refractivity contribution in [2.45, 2.75) is 6.10 Å². The zero-order chi connectivity index (χ0) is 12.5. The number of fused-ring (bicyclic) bond motifs is 1. The quantitative estimate of drug-likeness (QED) is 0.750. The highest BCUT2D eigenvalue weighted by Crippen LogP contribution is 2.21. The third-order valence-corrected chi connectivity index (χ3v) is 2.83. The van der Waals surface area contributed by atoms with Gasteiger partial charge in [-0.2, -0.15) is 0 Å². The lowest BCUT2D eigenvalue weighted by molar-refractivity contribution is 0.215. The van der Waals surface area contributed by atoms with Crippen molar-refractivity contribution in [1.29, 1.82) is 0 Å². The molecule has 3 rings (SSSR count). The van der Waals surface area contributed by atoms with Crippen molar-refractivity contribution in [2.75, 3.05) is 0 Å². The molecule has 0 radical (unpaired) electrons. The molecule has 90 valence electrons. The van der Waals surface area contributed by atoms with Crippen LogP contribution in [0.4, 0.5) is 4.39 Å². The minimum Gasteiger partial charge on any atom is -0.382 e. The van der Waals surface area contributed by atoms with Gasteiger partial charge in [0.25, 0.3) is 0 Å². The summed E-state index contributed by atoms with van der Waals surface area (Å²) in [5, 5.41) is 10.2. The Morgan fingerprint density at radius 3 is 2.83 bits per heavy atom. The molecule has 1 N–H and O–H groups in total. The van der Waals surface area contributed by atoms with Crippen molar-refractivity contribution in [3.8, 4) is 0 Å². The Balaban J connectivity index is 2.03. The molecule has 0 aliphatic heterocycles. The van der Waals surface area contributed by atoms with E-state index in [4.69, 9.17) is 0 Å². The normalized spacial score (nSPS) is 12.8. The van der Waals surface area contributed by atoms with E-state index in [9.17, 15) is 9.50 Å². The van der Waals surface area contributed by atoms with E-state index in [-0.39, 0.29) is 5.82 Å². The van der Waals surface area contributed by atoms with Gasteiger partial charge in [-0.1, -0.05) is 18.2 Å². The summed E-state index contributed by atoms with van der Waals surface area (Å²) in [6.45, 7) is 0. The molecule has 2 aromatic heterocycles. The molecule has 1 aromatic carbocycles. The monoisotopic (exact) mass is 242 g/mol. The highest BCUT2D eigenvalue weighted by atomic mass is 19.1. The number of rotatable bonds is 2. The smallest absolute Gasteiger partial charge is 0.137 e. The number of nitrogens with zero attached hydrogens (tertiary/aromatic N) is 2. The van der Waals surface area contributed by atoms with Gasteiger partial charge in [-0.3, -0.25) is 0 Å². The minimum absolute atomic E-state index is 0.365. The van der Waals surface area contributed by atoms with Crippen molar-refractivity contribution in [3.05, 3.63) is 71.9 Å². The summed E-state index contributed by atoms with van der Waals surface area (Å²) in [6, 6.07) is 11.5. The van der Waals surface area contributed by atoms with Crippen LogP contribution >= 0.6 is 0 Å². The summed E-state index contributed by atoms with van der Waals surface area (Å²) >= 11 is 0. The number of benzene rings is 1. The molecule has 0 aliphatic rings. The molecule has 2 heterocycles. The van der Waals surface area contributed by atoms with Crippen molar-refractivity contribution in [2.24, 2.45) is 0 Å². The molecule has 4 heteroatoms. The Hall–Kier alpha value is -2.20. The molecular formula is C14H11FN2O. The summed E-state index contributed by atoms with van der Waals surface area (Å²) < 4.78 is 14.9. The topological polar surface area (TPSA) is 37.5 Å². The summed E-state index contributed by atoms with van der Waals surface area (Å²) in [4.78, 5) is 4.31. The molecule has 3 nitrogen and oxygen atoms in total. The molecule has 0 saturated heterocycles. The number of aliphatic hydroxyl groups is 1. The van der Waals surface area contributed by atoms with E-state index in [1.807, 2.05) is 28.8 Å². The molecule has 0 amide bonds. The standard InChI is InChI=1S/C14H11FN2O/c15-11-5-3-4-10(8-11)14(18)12-9-17-7-2-1-6-13(17)16-12/h1-9,14,18H. The van der Waals surface area contributed by atoms with Crippen LogP contribution in [-0.2, 0) is 0 Å². The lowest BCUT2D eigenvalue weighted by Gasteiger charge is -2.07. The second-order valence-electron chi connectivity index (χ2n) is 4.09. The SMILES string of the molecule is OC(c1cccc(F)c1)c1cn2ccccc2n1. The zero-order valence-corrected chi connectivity index (χ0v) is 9.49. The van der Waals surface area contributed by atoms with E-state index in [1.165, 1.54) is 12.1 Å². The summed E-state index contributed by atoms with van der Waals surface area (Å²) in [7, 11) is 0. The number of hydrogen-bond donors (Lipinski definition) is 1. The van der Waals surface area contributed by atoms with Crippen LogP contribution in [0.2, 0.25) is 0 Å². The second kappa shape index (κ2) is 4.23. The van der Waals surface area contributed by atoms with Crippen LogP contribution < -0.4 is 0 Å². The number of imidazole rings is 1. The average Bonchev–Trinajstić information content (AvgIpc) is 2.81. The van der Waals surface area contributed by atoms with E-state index in [0.29, 0.717) is 11.3 Å². The fourth-order valence-corrected chi connectivity index (χ4v) is 1.93. The third kappa shape index (κ3) is 1.87. The Labute approximate surface area is 103 Å². The third-order valence-electron chi connectivity index (χ3n) is 2.83. The van der Waals surface area contributed by atoms with Crippen LogP contribution in [0.3, 0.4) is 0 Å². The molecule has 0 spiro atoms. The van der Waals surface area contributed by atoms with E-state index in [2.05, 4.69) is 4.98 Å². The van der Waals surface area contributed by atoms with Gasteiger partial charge >= 0.3 is 0 Å². The molecule has 0 bridgehead atoms. The Kier molecular flexibility index (Phi) is 2.57. The first-order valence-corrected chi connectivity index (χ1v) is 5.61. The van der Waals surface area contributed by atoms with Gasteiger partial charge < -0.3 is 9.51 Å². The fraction of sp³-hybridized carbons (Fsp3) is 0.0714. The Morgan fingerprint density at radius 1 is 1.17 bits per heavy atom. The van der Waals surface area contributed by atoms with Gasteiger partial charge in [-0.15, -0.1) is 0 Å². The number of halogens is 1. The van der Waals surface area contributed by atoms with E-state index in [0.717, 1.165) is 5.65 Å². The van der Waals surface area contributed by atoms with Gasteiger partial charge in [0, 0.05) is 12.4 Å². The van der Waals surface area contributed by atoms with Crippen LogP contribution in [0.25, 0.3) is 5.65 Å². The predicted octanol–water partition coefficient (Wildman–Crippen LogP) is 2.56. The van der Waals surface area contributed by atoms with Crippen LogP contribution in [0.5, 0.6) is 0 Å². The lowest BCUT2D eigenvalue weighted by Crippen LogP contribution is -2.00. The first-order chi connectivity index (χ1) is 8.74. The first-order valence-electron chi connectivity index (χ1n) is 5.61. The first kappa shape index (κ1) is 10.9. The highest BCUT2D eigenvalue weighted by Gasteiger charge is 2.14. The minimum atomic E-state index is -0.916. The van der Waals surface area contributed by atoms with E-state index < -0.39 is 6.10 Å². The van der Waals surface area contributed by atoms with Gasteiger partial charge in [0.1, 0.15) is 17.6 Å². The van der Waals surface area contributed by atoms with Gasteiger partial charge in [0.15, 0.2) is 0 Å². The molecule has 0 aliphatic carbocycles. The lowest BCUT2D eigenvalue weighted by atomic mass is 10.1. The van der Waals surface area contributed by atoms with Gasteiger partial charge in [0.2, 0.25) is 0 Å².